The Morgan fingerprint density at radius 3 is 2.37 bits per heavy atom. The highest BCUT2D eigenvalue weighted by Crippen LogP contribution is 2.23. The van der Waals surface area contributed by atoms with Crippen LogP contribution in [0, 0.1) is 0 Å². The molecule has 0 aliphatic rings. The van der Waals surface area contributed by atoms with Crippen molar-refractivity contribution in [2.75, 3.05) is 12.4 Å². The molecule has 2 aromatic carbocycles. The van der Waals surface area contributed by atoms with Crippen LogP contribution >= 0.6 is 12.2 Å². The number of benzene rings is 2. The van der Waals surface area contributed by atoms with Crippen LogP contribution in [0.5, 0.6) is 5.75 Å². The molecule has 5 heteroatoms. The maximum absolute atomic E-state index is 5.77. The highest BCUT2D eigenvalue weighted by molar-refractivity contribution is 7.80. The molecule has 30 heavy (non-hydrogen) atoms. The second-order valence-corrected chi connectivity index (χ2v) is 8.71. The fraction of sp³-hybridized carbons (Fsp3) is 0.280. The number of hydrogen-bond acceptors (Lipinski definition) is 3. The van der Waals surface area contributed by atoms with Gasteiger partial charge >= 0.3 is 0 Å². The SMILES string of the molecule is COc1cccc(NC(=S)N(Cc2ccc(C(C)(C)C)cc2)Cc2cccnc2)c1. The summed E-state index contributed by atoms with van der Waals surface area (Å²) in [4.78, 5) is 6.39. The number of anilines is 1. The van der Waals surface area contributed by atoms with Crippen LogP contribution in [0.25, 0.3) is 0 Å². The van der Waals surface area contributed by atoms with Crippen molar-refractivity contribution >= 4 is 23.0 Å². The van der Waals surface area contributed by atoms with E-state index in [9.17, 15) is 0 Å². The Labute approximate surface area is 184 Å². The van der Waals surface area contributed by atoms with E-state index in [-0.39, 0.29) is 5.41 Å². The van der Waals surface area contributed by atoms with Gasteiger partial charge in [0.1, 0.15) is 5.75 Å². The number of thiocarbonyl (C=S) groups is 1. The summed E-state index contributed by atoms with van der Waals surface area (Å²) in [6, 6.07) is 20.6. The van der Waals surface area contributed by atoms with E-state index in [1.54, 1.807) is 13.3 Å². The third-order valence-electron chi connectivity index (χ3n) is 4.90. The zero-order valence-electron chi connectivity index (χ0n) is 18.1. The van der Waals surface area contributed by atoms with Crippen LogP contribution in [-0.4, -0.2) is 22.1 Å². The molecule has 1 N–H and O–H groups in total. The third-order valence-corrected chi connectivity index (χ3v) is 5.26. The normalized spacial score (nSPS) is 11.1. The summed E-state index contributed by atoms with van der Waals surface area (Å²) in [5, 5.41) is 4.01. The minimum absolute atomic E-state index is 0.136. The first-order valence-electron chi connectivity index (χ1n) is 10.0. The fourth-order valence-electron chi connectivity index (χ4n) is 3.15. The molecule has 0 aliphatic heterocycles. The Balaban J connectivity index is 1.79. The Bertz CT molecular complexity index is 966. The minimum atomic E-state index is 0.136. The Kier molecular flexibility index (Phi) is 7.06. The van der Waals surface area contributed by atoms with Crippen molar-refractivity contribution in [3.63, 3.8) is 0 Å². The van der Waals surface area contributed by atoms with Crippen LogP contribution in [0.1, 0.15) is 37.5 Å². The van der Waals surface area contributed by atoms with E-state index in [2.05, 4.69) is 66.3 Å². The lowest BCUT2D eigenvalue weighted by atomic mass is 9.87. The van der Waals surface area contributed by atoms with Crippen LogP contribution in [0.3, 0.4) is 0 Å². The summed E-state index contributed by atoms with van der Waals surface area (Å²) in [6.45, 7) is 8.05. The quantitative estimate of drug-likeness (QED) is 0.512. The molecule has 1 aromatic heterocycles. The lowest BCUT2D eigenvalue weighted by Gasteiger charge is -2.27. The smallest absolute Gasteiger partial charge is 0.174 e. The molecule has 0 unspecified atom stereocenters. The van der Waals surface area contributed by atoms with Crippen LogP contribution in [0.15, 0.2) is 73.1 Å². The number of rotatable bonds is 6. The molecular formula is C25H29N3OS. The number of methoxy groups -OCH3 is 1. The highest BCUT2D eigenvalue weighted by Gasteiger charge is 2.15. The first-order valence-corrected chi connectivity index (χ1v) is 10.4. The molecule has 3 aromatic rings. The lowest BCUT2D eigenvalue weighted by Crippen LogP contribution is -2.33. The van der Waals surface area contributed by atoms with E-state index >= 15 is 0 Å². The molecule has 1 heterocycles. The number of aromatic nitrogens is 1. The van der Waals surface area contributed by atoms with Crippen molar-refractivity contribution in [2.45, 2.75) is 39.3 Å². The predicted molar refractivity (Wildman–Crippen MR) is 128 cm³/mol. The minimum Gasteiger partial charge on any atom is -0.497 e. The van der Waals surface area contributed by atoms with Crippen LogP contribution < -0.4 is 10.1 Å². The molecule has 156 valence electrons. The van der Waals surface area contributed by atoms with Crippen molar-refractivity contribution in [3.05, 3.63) is 89.7 Å². The van der Waals surface area contributed by atoms with Gasteiger partial charge in [-0.2, -0.15) is 0 Å². The van der Waals surface area contributed by atoms with Crippen LogP contribution in [0.2, 0.25) is 0 Å². The molecule has 0 radical (unpaired) electrons. The zero-order valence-corrected chi connectivity index (χ0v) is 18.9. The van der Waals surface area contributed by atoms with E-state index in [0.29, 0.717) is 18.2 Å². The zero-order chi connectivity index (χ0) is 21.6. The number of nitrogens with one attached hydrogen (secondary N) is 1. The average molecular weight is 420 g/mol. The number of nitrogens with zero attached hydrogens (tertiary/aromatic N) is 2. The van der Waals surface area contributed by atoms with Crippen molar-refractivity contribution in [3.8, 4) is 5.75 Å². The Morgan fingerprint density at radius 1 is 1.00 bits per heavy atom. The summed E-state index contributed by atoms with van der Waals surface area (Å²) in [7, 11) is 1.66. The van der Waals surface area contributed by atoms with Gasteiger partial charge in [0.15, 0.2) is 5.11 Å². The number of ether oxygens (including phenoxy) is 1. The average Bonchev–Trinajstić information content (AvgIpc) is 2.74. The molecule has 0 spiro atoms. The Morgan fingerprint density at radius 2 is 1.73 bits per heavy atom. The third kappa shape index (κ3) is 6.04. The van der Waals surface area contributed by atoms with E-state index in [1.807, 2.05) is 36.5 Å². The highest BCUT2D eigenvalue weighted by atomic mass is 32.1. The van der Waals surface area contributed by atoms with Crippen molar-refractivity contribution in [1.29, 1.82) is 0 Å². The van der Waals surface area contributed by atoms with Crippen molar-refractivity contribution < 1.29 is 4.74 Å². The second kappa shape index (κ2) is 9.72. The molecular weight excluding hydrogens is 390 g/mol. The van der Waals surface area contributed by atoms with Gasteiger partial charge < -0.3 is 15.0 Å². The molecule has 3 rings (SSSR count). The van der Waals surface area contributed by atoms with E-state index < -0.39 is 0 Å². The summed E-state index contributed by atoms with van der Waals surface area (Å²) >= 11 is 5.77. The maximum atomic E-state index is 5.77. The molecule has 0 amide bonds. The molecule has 0 atom stereocenters. The van der Waals surface area contributed by atoms with Gasteiger partial charge in [0.25, 0.3) is 0 Å². The summed E-state index contributed by atoms with van der Waals surface area (Å²) in [5.41, 5.74) is 4.68. The number of hydrogen-bond donors (Lipinski definition) is 1. The van der Waals surface area contributed by atoms with Gasteiger partial charge in [0.05, 0.1) is 7.11 Å². The molecule has 0 saturated carbocycles. The molecule has 0 aliphatic carbocycles. The van der Waals surface area contributed by atoms with Gasteiger partial charge in [-0.05, 0) is 52.5 Å². The first-order chi connectivity index (χ1) is 14.3. The van der Waals surface area contributed by atoms with Crippen LogP contribution in [0.4, 0.5) is 5.69 Å². The molecule has 0 saturated heterocycles. The summed E-state index contributed by atoms with van der Waals surface area (Å²) in [5.74, 6) is 0.791. The summed E-state index contributed by atoms with van der Waals surface area (Å²) < 4.78 is 5.32. The predicted octanol–water partition coefficient (Wildman–Crippen LogP) is 5.79. The van der Waals surface area contributed by atoms with Crippen molar-refractivity contribution in [1.82, 2.24) is 9.88 Å². The largest absolute Gasteiger partial charge is 0.497 e. The molecule has 4 nitrogen and oxygen atoms in total. The maximum Gasteiger partial charge on any atom is 0.174 e. The first kappa shape index (κ1) is 21.8. The second-order valence-electron chi connectivity index (χ2n) is 8.33. The van der Waals surface area contributed by atoms with Gasteiger partial charge in [-0.1, -0.05) is 57.2 Å². The Hall–Kier alpha value is -2.92. The van der Waals surface area contributed by atoms with Crippen molar-refractivity contribution in [2.24, 2.45) is 0 Å². The van der Waals surface area contributed by atoms with Gasteiger partial charge in [-0.15, -0.1) is 0 Å². The van der Waals surface area contributed by atoms with E-state index in [4.69, 9.17) is 17.0 Å². The van der Waals surface area contributed by atoms with Crippen LogP contribution in [-0.2, 0) is 18.5 Å². The van der Waals surface area contributed by atoms with Gasteiger partial charge in [-0.3, -0.25) is 4.98 Å². The summed E-state index contributed by atoms with van der Waals surface area (Å²) in [6.07, 6.45) is 3.66. The monoisotopic (exact) mass is 419 g/mol. The van der Waals surface area contributed by atoms with Gasteiger partial charge in [0.2, 0.25) is 0 Å². The molecule has 0 fully saturated rings. The van der Waals surface area contributed by atoms with Gasteiger partial charge in [0, 0.05) is 37.2 Å². The van der Waals surface area contributed by atoms with Gasteiger partial charge in [-0.25, -0.2) is 0 Å². The number of pyridine rings is 1. The molecule has 0 bridgehead atoms. The lowest BCUT2D eigenvalue weighted by molar-refractivity contribution is 0.411. The van der Waals surface area contributed by atoms with E-state index in [0.717, 1.165) is 17.0 Å². The van der Waals surface area contributed by atoms with E-state index in [1.165, 1.54) is 11.1 Å². The standard InChI is InChI=1S/C25H29N3OS/c1-25(2,3)21-12-10-19(11-13-21)17-28(18-20-7-6-14-26-16-20)24(30)27-22-8-5-9-23(15-22)29-4/h5-16H,17-18H2,1-4H3,(H,27,30). The topological polar surface area (TPSA) is 37.4 Å². The fourth-order valence-corrected chi connectivity index (χ4v) is 3.39.